The first-order valence-electron chi connectivity index (χ1n) is 9.64. The van der Waals surface area contributed by atoms with Gasteiger partial charge < -0.3 is 10.4 Å². The van der Waals surface area contributed by atoms with E-state index in [-0.39, 0.29) is 33.0 Å². The van der Waals surface area contributed by atoms with Gasteiger partial charge in [-0.3, -0.25) is 4.79 Å². The normalized spacial score (nSPS) is 25.9. The number of hydrogen-bond acceptors (Lipinski definition) is 4. The molecule has 1 amide bonds. The van der Waals surface area contributed by atoms with Gasteiger partial charge in [-0.25, -0.2) is 17.2 Å². The van der Waals surface area contributed by atoms with E-state index in [4.69, 9.17) is 11.6 Å². The Kier molecular flexibility index (Phi) is 5.59. The van der Waals surface area contributed by atoms with Crippen molar-refractivity contribution in [2.24, 2.45) is 11.8 Å². The van der Waals surface area contributed by atoms with E-state index in [1.165, 1.54) is 24.3 Å². The van der Waals surface area contributed by atoms with Crippen molar-refractivity contribution in [3.8, 4) is 0 Å². The molecule has 0 spiro atoms. The minimum Gasteiger partial charge on any atom is -0.393 e. The first kappa shape index (κ1) is 21.2. The van der Waals surface area contributed by atoms with Crippen molar-refractivity contribution in [3.05, 3.63) is 58.6 Å². The predicted molar refractivity (Wildman–Crippen MR) is 108 cm³/mol. The number of sulfone groups is 1. The average Bonchev–Trinajstić information content (AvgIpc) is 2.91. The van der Waals surface area contributed by atoms with Crippen molar-refractivity contribution in [1.29, 1.82) is 0 Å². The van der Waals surface area contributed by atoms with Gasteiger partial charge in [0.05, 0.1) is 21.3 Å². The standard InChI is InChI=1S/C21H20ClF2NO4S/c22-16-5-3-13(21(27)25-14-4-6-17(23)18(24)10-14)9-19(16)30(28,29)15-7-11-1-2-12(8-15)20(11)26/h3-6,9-12,15,20,26H,1-2,7-8H2,(H,25,27). The van der Waals surface area contributed by atoms with E-state index < -0.39 is 38.7 Å². The molecule has 2 fully saturated rings. The van der Waals surface area contributed by atoms with E-state index in [1.807, 2.05) is 0 Å². The van der Waals surface area contributed by atoms with Crippen molar-refractivity contribution in [2.75, 3.05) is 5.32 Å². The number of aliphatic hydroxyl groups excluding tert-OH is 1. The molecular weight excluding hydrogens is 436 g/mol. The van der Waals surface area contributed by atoms with Crippen LogP contribution >= 0.6 is 11.6 Å². The highest BCUT2D eigenvalue weighted by Gasteiger charge is 2.46. The summed E-state index contributed by atoms with van der Waals surface area (Å²) < 4.78 is 52.9. The number of anilines is 1. The highest BCUT2D eigenvalue weighted by molar-refractivity contribution is 7.92. The zero-order valence-corrected chi connectivity index (χ0v) is 17.4. The Balaban J connectivity index is 1.59. The van der Waals surface area contributed by atoms with E-state index in [0.717, 1.165) is 25.0 Å². The molecule has 0 heterocycles. The Morgan fingerprint density at radius 3 is 2.33 bits per heavy atom. The molecule has 9 heteroatoms. The average molecular weight is 456 g/mol. The fourth-order valence-electron chi connectivity index (χ4n) is 4.51. The highest BCUT2D eigenvalue weighted by atomic mass is 35.5. The summed E-state index contributed by atoms with van der Waals surface area (Å²) in [6.45, 7) is 0. The van der Waals surface area contributed by atoms with Gasteiger partial charge in [-0.05, 0) is 67.9 Å². The lowest BCUT2D eigenvalue weighted by Gasteiger charge is -2.32. The molecule has 2 atom stereocenters. The molecule has 5 nitrogen and oxygen atoms in total. The molecule has 2 aromatic carbocycles. The van der Waals surface area contributed by atoms with Crippen LogP contribution in [-0.2, 0) is 9.84 Å². The van der Waals surface area contributed by atoms with Crippen LogP contribution in [0.1, 0.15) is 36.0 Å². The molecule has 30 heavy (non-hydrogen) atoms. The predicted octanol–water partition coefficient (Wildman–Crippen LogP) is 4.19. The molecule has 2 saturated carbocycles. The van der Waals surface area contributed by atoms with Gasteiger partial charge >= 0.3 is 0 Å². The number of amides is 1. The van der Waals surface area contributed by atoms with Crippen LogP contribution in [0.4, 0.5) is 14.5 Å². The number of aliphatic hydroxyl groups is 1. The van der Waals surface area contributed by atoms with Gasteiger partial charge in [-0.2, -0.15) is 0 Å². The summed E-state index contributed by atoms with van der Waals surface area (Å²) in [5.41, 5.74) is 0.0672. The van der Waals surface area contributed by atoms with Crippen molar-refractivity contribution in [1.82, 2.24) is 0 Å². The maximum absolute atomic E-state index is 13.4. The molecule has 0 radical (unpaired) electrons. The van der Waals surface area contributed by atoms with Crippen LogP contribution in [0, 0.1) is 23.5 Å². The Morgan fingerprint density at radius 1 is 1.03 bits per heavy atom. The van der Waals surface area contributed by atoms with Crippen LogP contribution in [-0.4, -0.2) is 30.8 Å². The number of halogens is 3. The van der Waals surface area contributed by atoms with Gasteiger partial charge in [0.1, 0.15) is 0 Å². The zero-order chi connectivity index (χ0) is 21.6. The Morgan fingerprint density at radius 2 is 1.70 bits per heavy atom. The second kappa shape index (κ2) is 7.90. The topological polar surface area (TPSA) is 83.5 Å². The highest BCUT2D eigenvalue weighted by Crippen LogP contribution is 2.46. The number of rotatable bonds is 4. The van der Waals surface area contributed by atoms with Crippen LogP contribution in [0.15, 0.2) is 41.3 Å². The lowest BCUT2D eigenvalue weighted by molar-refractivity contribution is 0.0618. The van der Waals surface area contributed by atoms with Gasteiger partial charge in [-0.15, -0.1) is 0 Å². The maximum Gasteiger partial charge on any atom is 0.255 e. The number of carbonyl (C=O) groups excluding carboxylic acids is 1. The van der Waals surface area contributed by atoms with E-state index in [1.54, 1.807) is 0 Å². The SMILES string of the molecule is O=C(Nc1ccc(F)c(F)c1)c1ccc(Cl)c(S(=O)(=O)C2CC3CCC(C2)C3O)c1. The molecule has 0 saturated heterocycles. The number of benzene rings is 2. The van der Waals surface area contributed by atoms with Gasteiger partial charge in [0.2, 0.25) is 0 Å². The third kappa shape index (κ3) is 3.84. The first-order chi connectivity index (χ1) is 14.2. The van der Waals surface area contributed by atoms with Crippen LogP contribution in [0.5, 0.6) is 0 Å². The molecule has 4 rings (SSSR count). The Labute approximate surface area is 178 Å². The zero-order valence-electron chi connectivity index (χ0n) is 15.8. The summed E-state index contributed by atoms with van der Waals surface area (Å²) in [5.74, 6) is -2.90. The lowest BCUT2D eigenvalue weighted by Crippen LogP contribution is -2.37. The number of fused-ring (bicyclic) bond motifs is 2. The summed E-state index contributed by atoms with van der Waals surface area (Å²) >= 11 is 6.17. The Bertz CT molecular complexity index is 1090. The molecule has 0 aromatic heterocycles. The van der Waals surface area contributed by atoms with Gasteiger partial charge in [-0.1, -0.05) is 11.6 Å². The minimum absolute atomic E-state index is 0.0119. The summed E-state index contributed by atoms with van der Waals surface area (Å²) in [4.78, 5) is 12.4. The minimum atomic E-state index is -3.82. The molecule has 2 aromatic rings. The van der Waals surface area contributed by atoms with Crippen molar-refractivity contribution in [3.63, 3.8) is 0 Å². The molecule has 2 N–H and O–H groups in total. The molecular formula is C21H20ClF2NO4S. The quantitative estimate of drug-likeness (QED) is 0.724. The Hall–Kier alpha value is -2.03. The number of hydrogen-bond donors (Lipinski definition) is 2. The third-order valence-electron chi connectivity index (χ3n) is 6.12. The van der Waals surface area contributed by atoms with Crippen molar-refractivity contribution in [2.45, 2.75) is 41.9 Å². The van der Waals surface area contributed by atoms with Crippen LogP contribution in [0.25, 0.3) is 0 Å². The van der Waals surface area contributed by atoms with Crippen LogP contribution in [0.3, 0.4) is 0 Å². The molecule has 160 valence electrons. The van der Waals surface area contributed by atoms with Gasteiger partial charge in [0.15, 0.2) is 21.5 Å². The van der Waals surface area contributed by atoms with E-state index >= 15 is 0 Å². The van der Waals surface area contributed by atoms with E-state index in [2.05, 4.69) is 5.32 Å². The molecule has 0 aliphatic heterocycles. The lowest BCUT2D eigenvalue weighted by atomic mass is 9.86. The molecule has 2 aliphatic carbocycles. The third-order valence-corrected chi connectivity index (χ3v) is 8.78. The van der Waals surface area contributed by atoms with Crippen LogP contribution < -0.4 is 5.32 Å². The fourth-order valence-corrected chi connectivity index (χ4v) is 6.94. The maximum atomic E-state index is 13.4. The smallest absolute Gasteiger partial charge is 0.255 e. The van der Waals surface area contributed by atoms with E-state index in [9.17, 15) is 27.1 Å². The van der Waals surface area contributed by atoms with E-state index in [0.29, 0.717) is 12.8 Å². The number of carbonyl (C=O) groups is 1. The molecule has 2 aliphatic rings. The summed E-state index contributed by atoms with van der Waals surface area (Å²) in [6, 6.07) is 6.83. The van der Waals surface area contributed by atoms with Gasteiger partial charge in [0.25, 0.3) is 5.91 Å². The molecule has 2 unspecified atom stereocenters. The second-order valence-electron chi connectivity index (χ2n) is 7.95. The molecule has 2 bridgehead atoms. The summed E-state index contributed by atoms with van der Waals surface area (Å²) in [6.07, 6.45) is 1.88. The van der Waals surface area contributed by atoms with Crippen molar-refractivity contribution >= 4 is 33.0 Å². The summed E-state index contributed by atoms with van der Waals surface area (Å²) in [5, 5.41) is 11.9. The van der Waals surface area contributed by atoms with Gasteiger partial charge in [0, 0.05) is 17.3 Å². The first-order valence-corrected chi connectivity index (χ1v) is 11.6. The second-order valence-corrected chi connectivity index (χ2v) is 10.6. The van der Waals surface area contributed by atoms with Crippen LogP contribution in [0.2, 0.25) is 5.02 Å². The summed E-state index contributed by atoms with van der Waals surface area (Å²) in [7, 11) is -3.82. The van der Waals surface area contributed by atoms with Crippen molar-refractivity contribution < 1.29 is 27.1 Å². The fraction of sp³-hybridized carbons (Fsp3) is 0.381. The number of nitrogens with one attached hydrogen (secondary N) is 1. The monoisotopic (exact) mass is 455 g/mol. The largest absolute Gasteiger partial charge is 0.393 e.